The standard InChI is InChI=1S/C12H20N8O/c13-18-10-15-11(19-5-2-1-3-6-19)17-12(16-10)20-7-4-14-9(21)8-20/h1-8,13H2,(H,14,21)(H,15,16,17,18). The molecule has 0 bridgehead atoms. The number of amides is 1. The number of piperazine rings is 1. The third-order valence-electron chi connectivity index (χ3n) is 3.70. The van der Waals surface area contributed by atoms with E-state index in [9.17, 15) is 4.79 Å². The molecule has 4 N–H and O–H groups in total. The van der Waals surface area contributed by atoms with Gasteiger partial charge >= 0.3 is 0 Å². The van der Waals surface area contributed by atoms with Crippen LogP contribution in [0.25, 0.3) is 0 Å². The molecule has 2 aliphatic heterocycles. The van der Waals surface area contributed by atoms with E-state index in [-0.39, 0.29) is 12.5 Å². The van der Waals surface area contributed by atoms with E-state index in [2.05, 4.69) is 30.6 Å². The molecule has 0 unspecified atom stereocenters. The summed E-state index contributed by atoms with van der Waals surface area (Å²) in [5.74, 6) is 6.87. The Bertz CT molecular complexity index is 516. The molecule has 1 amide bonds. The van der Waals surface area contributed by atoms with E-state index >= 15 is 0 Å². The van der Waals surface area contributed by atoms with Crippen LogP contribution < -0.4 is 26.4 Å². The first kappa shape index (κ1) is 13.8. The maximum Gasteiger partial charge on any atom is 0.243 e. The quantitative estimate of drug-likeness (QED) is 0.484. The van der Waals surface area contributed by atoms with Crippen molar-refractivity contribution in [3.8, 4) is 0 Å². The summed E-state index contributed by atoms with van der Waals surface area (Å²) >= 11 is 0. The van der Waals surface area contributed by atoms with E-state index in [1.165, 1.54) is 6.42 Å². The molecule has 0 radical (unpaired) electrons. The molecule has 3 rings (SSSR count). The fourth-order valence-corrected chi connectivity index (χ4v) is 2.60. The van der Waals surface area contributed by atoms with E-state index in [4.69, 9.17) is 5.84 Å². The lowest BCUT2D eigenvalue weighted by molar-refractivity contribution is -0.120. The summed E-state index contributed by atoms with van der Waals surface area (Å²) in [6, 6.07) is 0. The number of hydrogen-bond acceptors (Lipinski definition) is 8. The maximum absolute atomic E-state index is 11.5. The SMILES string of the molecule is NNc1nc(N2CCCCC2)nc(N2CCNC(=O)C2)n1. The summed E-state index contributed by atoms with van der Waals surface area (Å²) in [6.07, 6.45) is 3.51. The Morgan fingerprint density at radius 2 is 1.71 bits per heavy atom. The van der Waals surface area contributed by atoms with Crippen molar-refractivity contribution in [2.75, 3.05) is 47.9 Å². The zero-order valence-electron chi connectivity index (χ0n) is 11.9. The molecule has 21 heavy (non-hydrogen) atoms. The van der Waals surface area contributed by atoms with E-state index < -0.39 is 0 Å². The smallest absolute Gasteiger partial charge is 0.243 e. The number of nitrogen functional groups attached to an aromatic ring is 1. The largest absolute Gasteiger partial charge is 0.353 e. The zero-order chi connectivity index (χ0) is 14.7. The Hall–Kier alpha value is -2.16. The van der Waals surface area contributed by atoms with Gasteiger partial charge < -0.3 is 15.1 Å². The summed E-state index contributed by atoms with van der Waals surface area (Å²) in [6.45, 7) is 3.41. The van der Waals surface area contributed by atoms with Crippen molar-refractivity contribution in [2.24, 2.45) is 5.84 Å². The summed E-state index contributed by atoms with van der Waals surface area (Å²) in [7, 11) is 0. The molecular formula is C12H20N8O. The van der Waals surface area contributed by atoms with E-state index in [0.717, 1.165) is 25.9 Å². The second-order valence-electron chi connectivity index (χ2n) is 5.22. The lowest BCUT2D eigenvalue weighted by Gasteiger charge is -2.30. The van der Waals surface area contributed by atoms with Gasteiger partial charge in [-0.05, 0) is 19.3 Å². The van der Waals surface area contributed by atoms with Gasteiger partial charge in [-0.25, -0.2) is 5.84 Å². The average molecular weight is 292 g/mol. The number of hydrogen-bond donors (Lipinski definition) is 3. The third kappa shape index (κ3) is 3.13. The van der Waals surface area contributed by atoms with Crippen LogP contribution in [0, 0.1) is 0 Å². The number of piperidine rings is 1. The van der Waals surface area contributed by atoms with Gasteiger partial charge in [0.2, 0.25) is 23.8 Å². The van der Waals surface area contributed by atoms with Gasteiger partial charge in [0.1, 0.15) is 0 Å². The topological polar surface area (TPSA) is 112 Å². The number of anilines is 3. The van der Waals surface area contributed by atoms with Crippen molar-refractivity contribution < 1.29 is 4.79 Å². The highest BCUT2D eigenvalue weighted by atomic mass is 16.2. The predicted molar refractivity (Wildman–Crippen MR) is 78.9 cm³/mol. The van der Waals surface area contributed by atoms with Crippen LogP contribution in [0.4, 0.5) is 17.8 Å². The van der Waals surface area contributed by atoms with Crippen LogP contribution in [0.1, 0.15) is 19.3 Å². The minimum Gasteiger partial charge on any atom is -0.353 e. The predicted octanol–water partition coefficient (Wildman–Crippen LogP) is -0.916. The van der Waals surface area contributed by atoms with Crippen molar-refractivity contribution in [1.29, 1.82) is 0 Å². The van der Waals surface area contributed by atoms with Crippen LogP contribution in [-0.2, 0) is 4.79 Å². The van der Waals surface area contributed by atoms with Gasteiger partial charge in [-0.3, -0.25) is 10.2 Å². The molecule has 0 spiro atoms. The van der Waals surface area contributed by atoms with Crippen LogP contribution in [0.5, 0.6) is 0 Å². The second kappa shape index (κ2) is 6.08. The van der Waals surface area contributed by atoms with E-state index in [1.54, 1.807) is 0 Å². The highest BCUT2D eigenvalue weighted by Gasteiger charge is 2.22. The van der Waals surface area contributed by atoms with E-state index in [0.29, 0.717) is 30.9 Å². The number of nitrogens with two attached hydrogens (primary N) is 1. The van der Waals surface area contributed by atoms with E-state index in [1.807, 2.05) is 4.90 Å². The van der Waals surface area contributed by atoms with Crippen molar-refractivity contribution in [1.82, 2.24) is 20.3 Å². The first-order valence-corrected chi connectivity index (χ1v) is 7.25. The van der Waals surface area contributed by atoms with Gasteiger partial charge in [0, 0.05) is 26.2 Å². The Balaban J connectivity index is 1.87. The zero-order valence-corrected chi connectivity index (χ0v) is 11.9. The summed E-state index contributed by atoms with van der Waals surface area (Å²) < 4.78 is 0. The molecule has 1 aromatic rings. The second-order valence-corrected chi connectivity index (χ2v) is 5.22. The fraction of sp³-hybridized carbons (Fsp3) is 0.667. The molecule has 2 aliphatic rings. The third-order valence-corrected chi connectivity index (χ3v) is 3.70. The first-order valence-electron chi connectivity index (χ1n) is 7.25. The lowest BCUT2D eigenvalue weighted by atomic mass is 10.1. The minimum absolute atomic E-state index is 0.0246. The Morgan fingerprint density at radius 3 is 2.38 bits per heavy atom. The Morgan fingerprint density at radius 1 is 1.00 bits per heavy atom. The van der Waals surface area contributed by atoms with Crippen molar-refractivity contribution in [2.45, 2.75) is 19.3 Å². The van der Waals surface area contributed by atoms with Crippen LogP contribution >= 0.6 is 0 Å². The Kier molecular flexibility index (Phi) is 4.00. The monoisotopic (exact) mass is 292 g/mol. The molecule has 2 saturated heterocycles. The van der Waals surface area contributed by atoms with Crippen LogP contribution in [-0.4, -0.2) is 53.6 Å². The summed E-state index contributed by atoms with van der Waals surface area (Å²) in [5, 5.41) is 2.79. The molecule has 1 aromatic heterocycles. The van der Waals surface area contributed by atoms with Crippen LogP contribution in [0.2, 0.25) is 0 Å². The highest BCUT2D eigenvalue weighted by Crippen LogP contribution is 2.20. The fourth-order valence-electron chi connectivity index (χ4n) is 2.60. The lowest BCUT2D eigenvalue weighted by Crippen LogP contribution is -2.48. The maximum atomic E-state index is 11.5. The molecule has 9 heteroatoms. The highest BCUT2D eigenvalue weighted by molar-refractivity contribution is 5.82. The molecule has 0 aliphatic carbocycles. The van der Waals surface area contributed by atoms with Gasteiger partial charge in [0.25, 0.3) is 0 Å². The van der Waals surface area contributed by atoms with Gasteiger partial charge in [0.05, 0.1) is 6.54 Å². The van der Waals surface area contributed by atoms with Gasteiger partial charge in [-0.2, -0.15) is 15.0 Å². The number of carbonyl (C=O) groups is 1. The number of rotatable bonds is 3. The number of aromatic nitrogens is 3. The molecule has 114 valence electrons. The summed E-state index contributed by atoms with van der Waals surface area (Å²) in [5.41, 5.74) is 2.48. The van der Waals surface area contributed by atoms with Crippen LogP contribution in [0.3, 0.4) is 0 Å². The first-order chi connectivity index (χ1) is 10.3. The van der Waals surface area contributed by atoms with Gasteiger partial charge in [-0.1, -0.05) is 0 Å². The van der Waals surface area contributed by atoms with Gasteiger partial charge in [0.15, 0.2) is 0 Å². The van der Waals surface area contributed by atoms with Crippen molar-refractivity contribution in [3.63, 3.8) is 0 Å². The van der Waals surface area contributed by atoms with Crippen LogP contribution in [0.15, 0.2) is 0 Å². The Labute approximate surface area is 122 Å². The van der Waals surface area contributed by atoms with Gasteiger partial charge in [-0.15, -0.1) is 0 Å². The molecular weight excluding hydrogens is 272 g/mol. The molecule has 0 atom stereocenters. The molecule has 3 heterocycles. The number of hydrazine groups is 1. The normalized spacial score (nSPS) is 19.4. The number of nitrogens with zero attached hydrogens (tertiary/aromatic N) is 5. The minimum atomic E-state index is -0.0246. The molecule has 9 nitrogen and oxygen atoms in total. The number of nitrogens with one attached hydrogen (secondary N) is 2. The van der Waals surface area contributed by atoms with Crippen molar-refractivity contribution in [3.05, 3.63) is 0 Å². The molecule has 0 saturated carbocycles. The van der Waals surface area contributed by atoms with Crippen molar-refractivity contribution >= 4 is 23.8 Å². The number of carbonyl (C=O) groups excluding carboxylic acids is 1. The summed E-state index contributed by atoms with van der Waals surface area (Å²) in [4.78, 5) is 28.6. The molecule has 0 aromatic carbocycles. The average Bonchev–Trinajstić information content (AvgIpc) is 2.55. The molecule has 2 fully saturated rings.